The van der Waals surface area contributed by atoms with Crippen LogP contribution in [0.3, 0.4) is 0 Å². The summed E-state index contributed by atoms with van der Waals surface area (Å²) in [5.41, 5.74) is 3.03. The second kappa shape index (κ2) is 6.48. The largest absolute Gasteiger partial charge is 0.313 e. The minimum Gasteiger partial charge on any atom is -0.313 e. The highest BCUT2D eigenvalue weighted by molar-refractivity contribution is 5.26. The quantitative estimate of drug-likeness (QED) is 0.852. The second-order valence-corrected chi connectivity index (χ2v) is 4.87. The Hall–Kier alpha value is -1.67. The Morgan fingerprint density at radius 1 is 1.11 bits per heavy atom. The van der Waals surface area contributed by atoms with Crippen LogP contribution in [0.1, 0.15) is 29.2 Å². The Morgan fingerprint density at radius 3 is 2.47 bits per heavy atom. The third-order valence-corrected chi connectivity index (χ3v) is 3.51. The first-order chi connectivity index (χ1) is 9.20. The maximum atomic E-state index is 13.6. The zero-order valence-corrected chi connectivity index (χ0v) is 11.5. The molecule has 0 saturated carbocycles. The Morgan fingerprint density at radius 2 is 1.84 bits per heavy atom. The summed E-state index contributed by atoms with van der Waals surface area (Å²) < 4.78 is 13.6. The van der Waals surface area contributed by atoms with Crippen molar-refractivity contribution in [2.45, 2.75) is 25.8 Å². The summed E-state index contributed by atoms with van der Waals surface area (Å²) in [7, 11) is 1.92. The van der Waals surface area contributed by atoms with Crippen LogP contribution in [0.4, 0.5) is 4.39 Å². The third kappa shape index (κ3) is 3.65. The lowest BCUT2D eigenvalue weighted by Crippen LogP contribution is -2.17. The minimum absolute atomic E-state index is 0.127. The van der Waals surface area contributed by atoms with Gasteiger partial charge in [-0.05, 0) is 49.6 Å². The van der Waals surface area contributed by atoms with Gasteiger partial charge in [0.25, 0.3) is 0 Å². The molecule has 0 bridgehead atoms. The summed E-state index contributed by atoms with van der Waals surface area (Å²) in [6.45, 7) is 1.79. The van der Waals surface area contributed by atoms with Gasteiger partial charge in [-0.25, -0.2) is 4.39 Å². The number of hydrogen-bond acceptors (Lipinski definition) is 1. The molecular formula is C17H20FN. The smallest absolute Gasteiger partial charge is 0.126 e. The lowest BCUT2D eigenvalue weighted by Gasteiger charge is -2.17. The monoisotopic (exact) mass is 257 g/mol. The van der Waals surface area contributed by atoms with E-state index in [9.17, 15) is 4.39 Å². The summed E-state index contributed by atoms with van der Waals surface area (Å²) in [6, 6.07) is 16.1. The van der Waals surface area contributed by atoms with Crippen molar-refractivity contribution >= 4 is 0 Å². The van der Waals surface area contributed by atoms with Gasteiger partial charge in [-0.2, -0.15) is 0 Å². The van der Waals surface area contributed by atoms with Gasteiger partial charge in [0.2, 0.25) is 0 Å². The highest BCUT2D eigenvalue weighted by atomic mass is 19.1. The molecule has 0 amide bonds. The van der Waals surface area contributed by atoms with Crippen LogP contribution in [0, 0.1) is 12.7 Å². The summed E-state index contributed by atoms with van der Waals surface area (Å²) in [4.78, 5) is 0. The first-order valence-corrected chi connectivity index (χ1v) is 6.68. The molecule has 0 radical (unpaired) electrons. The topological polar surface area (TPSA) is 12.0 Å². The van der Waals surface area contributed by atoms with Gasteiger partial charge in [0.1, 0.15) is 5.82 Å². The van der Waals surface area contributed by atoms with Crippen molar-refractivity contribution in [3.63, 3.8) is 0 Å². The van der Waals surface area contributed by atoms with Gasteiger partial charge in [0.15, 0.2) is 0 Å². The number of aryl methyl sites for hydroxylation is 2. The highest BCUT2D eigenvalue weighted by Gasteiger charge is 2.11. The lowest BCUT2D eigenvalue weighted by atomic mass is 9.98. The summed E-state index contributed by atoms with van der Waals surface area (Å²) in [5, 5.41) is 3.27. The summed E-state index contributed by atoms with van der Waals surface area (Å²) in [6.07, 6.45) is 1.95. The van der Waals surface area contributed by atoms with Gasteiger partial charge in [0, 0.05) is 6.04 Å². The van der Waals surface area contributed by atoms with E-state index in [1.165, 1.54) is 5.56 Å². The molecule has 2 heteroatoms. The average Bonchev–Trinajstić information content (AvgIpc) is 2.44. The van der Waals surface area contributed by atoms with E-state index in [0.717, 1.165) is 18.4 Å². The molecule has 0 aliphatic heterocycles. The standard InChI is InChI=1S/C17H20FN/c1-13-8-10-15(12-16(13)18)17(19-2)11-9-14-6-4-3-5-7-14/h3-8,10,12,17,19H,9,11H2,1-2H3. The Kier molecular flexibility index (Phi) is 4.69. The summed E-state index contributed by atoms with van der Waals surface area (Å²) in [5.74, 6) is -0.127. The van der Waals surface area contributed by atoms with E-state index in [2.05, 4.69) is 29.6 Å². The van der Waals surface area contributed by atoms with Gasteiger partial charge in [-0.1, -0.05) is 42.5 Å². The molecule has 0 aromatic heterocycles. The van der Waals surface area contributed by atoms with Crippen molar-refractivity contribution in [3.05, 3.63) is 71.0 Å². The van der Waals surface area contributed by atoms with Crippen LogP contribution < -0.4 is 5.32 Å². The SMILES string of the molecule is CNC(CCc1ccccc1)c1ccc(C)c(F)c1. The van der Waals surface area contributed by atoms with Crippen LogP contribution in [-0.4, -0.2) is 7.05 Å². The maximum absolute atomic E-state index is 13.6. The van der Waals surface area contributed by atoms with Gasteiger partial charge >= 0.3 is 0 Å². The fourth-order valence-electron chi connectivity index (χ4n) is 2.26. The Labute approximate surface area is 114 Å². The second-order valence-electron chi connectivity index (χ2n) is 4.87. The Bertz CT molecular complexity index is 522. The number of halogens is 1. The van der Waals surface area contributed by atoms with Crippen molar-refractivity contribution in [2.24, 2.45) is 0 Å². The van der Waals surface area contributed by atoms with Gasteiger partial charge in [-0.15, -0.1) is 0 Å². The number of rotatable bonds is 5. The zero-order chi connectivity index (χ0) is 13.7. The van der Waals surface area contributed by atoms with Crippen LogP contribution >= 0.6 is 0 Å². The first-order valence-electron chi connectivity index (χ1n) is 6.68. The van der Waals surface area contributed by atoms with Crippen LogP contribution in [0.5, 0.6) is 0 Å². The highest BCUT2D eigenvalue weighted by Crippen LogP contribution is 2.21. The summed E-state index contributed by atoms with van der Waals surface area (Å²) >= 11 is 0. The van der Waals surface area contributed by atoms with E-state index in [1.54, 1.807) is 13.0 Å². The van der Waals surface area contributed by atoms with Crippen molar-refractivity contribution in [1.82, 2.24) is 5.32 Å². The molecule has 0 aliphatic carbocycles. The van der Waals surface area contributed by atoms with Crippen molar-refractivity contribution < 1.29 is 4.39 Å². The maximum Gasteiger partial charge on any atom is 0.126 e. The third-order valence-electron chi connectivity index (χ3n) is 3.51. The molecule has 0 saturated heterocycles. The molecule has 19 heavy (non-hydrogen) atoms. The molecule has 1 atom stereocenters. The molecule has 1 nitrogen and oxygen atoms in total. The number of hydrogen-bond donors (Lipinski definition) is 1. The van der Waals surface area contributed by atoms with Crippen LogP contribution in [0.15, 0.2) is 48.5 Å². The molecule has 0 aliphatic rings. The van der Waals surface area contributed by atoms with E-state index in [1.807, 2.05) is 25.2 Å². The molecule has 0 fully saturated rings. The van der Waals surface area contributed by atoms with Crippen LogP contribution in [0.2, 0.25) is 0 Å². The molecule has 0 heterocycles. The van der Waals surface area contributed by atoms with Gasteiger partial charge < -0.3 is 5.32 Å². The zero-order valence-electron chi connectivity index (χ0n) is 11.5. The normalized spacial score (nSPS) is 12.4. The number of nitrogens with one attached hydrogen (secondary N) is 1. The van der Waals surface area contributed by atoms with Crippen molar-refractivity contribution in [1.29, 1.82) is 0 Å². The van der Waals surface area contributed by atoms with Crippen LogP contribution in [0.25, 0.3) is 0 Å². The predicted octanol–water partition coefficient (Wildman–Crippen LogP) is 4.03. The molecule has 0 spiro atoms. The molecule has 1 unspecified atom stereocenters. The van der Waals surface area contributed by atoms with Gasteiger partial charge in [0.05, 0.1) is 0 Å². The first kappa shape index (κ1) is 13.8. The van der Waals surface area contributed by atoms with Gasteiger partial charge in [-0.3, -0.25) is 0 Å². The van der Waals surface area contributed by atoms with E-state index in [4.69, 9.17) is 0 Å². The lowest BCUT2D eigenvalue weighted by molar-refractivity contribution is 0.541. The van der Waals surface area contributed by atoms with E-state index < -0.39 is 0 Å². The number of benzene rings is 2. The fourth-order valence-corrected chi connectivity index (χ4v) is 2.26. The average molecular weight is 257 g/mol. The van der Waals surface area contributed by atoms with E-state index >= 15 is 0 Å². The molecule has 2 aromatic carbocycles. The predicted molar refractivity (Wildman–Crippen MR) is 77.7 cm³/mol. The van der Waals surface area contributed by atoms with E-state index in [0.29, 0.717) is 5.56 Å². The fraction of sp³-hybridized carbons (Fsp3) is 0.294. The molecule has 1 N–H and O–H groups in total. The molecule has 100 valence electrons. The van der Waals surface area contributed by atoms with Crippen molar-refractivity contribution in [3.8, 4) is 0 Å². The molecular weight excluding hydrogens is 237 g/mol. The van der Waals surface area contributed by atoms with Crippen LogP contribution in [-0.2, 0) is 6.42 Å². The molecule has 2 rings (SSSR count). The van der Waals surface area contributed by atoms with E-state index in [-0.39, 0.29) is 11.9 Å². The minimum atomic E-state index is -0.127. The molecule has 2 aromatic rings. The Balaban J connectivity index is 2.05. The van der Waals surface area contributed by atoms with Crippen molar-refractivity contribution in [2.75, 3.05) is 7.05 Å².